The van der Waals surface area contributed by atoms with E-state index >= 15 is 0 Å². The third-order valence-corrected chi connectivity index (χ3v) is 2.25. The number of thiocarbonyl (C=S) groups is 1. The molecule has 0 spiro atoms. The molecule has 0 saturated heterocycles. The first-order chi connectivity index (χ1) is 8.13. The van der Waals surface area contributed by atoms with Crippen molar-refractivity contribution in [2.24, 2.45) is 0 Å². The van der Waals surface area contributed by atoms with Gasteiger partial charge in [0.25, 0.3) is 0 Å². The van der Waals surface area contributed by atoms with E-state index in [0.29, 0.717) is 23.9 Å². The number of rotatable bonds is 5. The Morgan fingerprint density at radius 3 is 3.12 bits per heavy atom. The summed E-state index contributed by atoms with van der Waals surface area (Å²) in [5.74, 6) is 0. The molecular weight excluding hydrogens is 234 g/mol. The number of hydrazine groups is 1. The predicted molar refractivity (Wildman–Crippen MR) is 74.0 cm³/mol. The minimum absolute atomic E-state index is 0.543. The highest BCUT2D eigenvalue weighted by Gasteiger charge is 2.05. The van der Waals surface area contributed by atoms with Crippen LogP contribution in [0.25, 0.3) is 0 Å². The van der Waals surface area contributed by atoms with Crippen LogP contribution in [0.3, 0.4) is 0 Å². The summed E-state index contributed by atoms with van der Waals surface area (Å²) in [5, 5.41) is 5.33. The highest BCUT2D eigenvalue weighted by molar-refractivity contribution is 7.80. The van der Waals surface area contributed by atoms with Crippen molar-refractivity contribution in [2.75, 3.05) is 19.3 Å². The number of anilines is 1. The van der Waals surface area contributed by atoms with Crippen LogP contribution in [0.15, 0.2) is 31.0 Å². The van der Waals surface area contributed by atoms with Crippen LogP contribution in [0.2, 0.25) is 0 Å². The summed E-state index contributed by atoms with van der Waals surface area (Å²) < 4.78 is 0. The Morgan fingerprint density at radius 1 is 1.71 bits per heavy atom. The zero-order valence-electron chi connectivity index (χ0n) is 9.81. The van der Waals surface area contributed by atoms with Crippen LogP contribution in [0.4, 0.5) is 5.69 Å². The van der Waals surface area contributed by atoms with Gasteiger partial charge in [-0.3, -0.25) is 10.4 Å². The molecule has 0 aliphatic rings. The Balaban J connectivity index is 2.44. The highest BCUT2D eigenvalue weighted by atomic mass is 32.1. The van der Waals surface area contributed by atoms with Crippen molar-refractivity contribution in [3.63, 3.8) is 0 Å². The lowest BCUT2D eigenvalue weighted by atomic mass is 10.3. The number of nitrogens with one attached hydrogen (secondary N) is 2. The van der Waals surface area contributed by atoms with Crippen molar-refractivity contribution in [1.82, 2.24) is 20.7 Å². The molecule has 1 rings (SSSR count). The Kier molecular flexibility index (Phi) is 5.38. The fourth-order valence-electron chi connectivity index (χ4n) is 1.22. The van der Waals surface area contributed by atoms with E-state index in [0.717, 1.165) is 5.69 Å². The molecule has 0 aliphatic heterocycles. The van der Waals surface area contributed by atoms with Crippen molar-refractivity contribution in [3.8, 4) is 0 Å². The van der Waals surface area contributed by atoms with E-state index < -0.39 is 0 Å². The number of nitrogen functional groups attached to an aromatic ring is 1. The number of pyridine rings is 1. The molecular formula is C11H17N5S. The molecule has 1 heterocycles. The molecule has 0 unspecified atom stereocenters. The van der Waals surface area contributed by atoms with Crippen molar-refractivity contribution in [1.29, 1.82) is 0 Å². The lowest BCUT2D eigenvalue weighted by molar-refractivity contribution is 0.280. The van der Waals surface area contributed by atoms with Gasteiger partial charge in [0.05, 0.1) is 17.9 Å². The van der Waals surface area contributed by atoms with Gasteiger partial charge in [-0.2, -0.15) is 0 Å². The van der Waals surface area contributed by atoms with E-state index in [1.165, 1.54) is 0 Å². The Hall–Kier alpha value is -1.66. The Bertz CT molecular complexity index is 393. The molecule has 1 aromatic rings. The summed E-state index contributed by atoms with van der Waals surface area (Å²) in [6.07, 6.45) is 3.46. The lowest BCUT2D eigenvalue weighted by Gasteiger charge is -2.20. The Labute approximate surface area is 107 Å². The fraction of sp³-hybridized carbons (Fsp3) is 0.273. The summed E-state index contributed by atoms with van der Waals surface area (Å²) in [6, 6.07) is 3.63. The maximum atomic E-state index is 5.80. The summed E-state index contributed by atoms with van der Waals surface area (Å²) in [7, 11) is 1.87. The molecule has 0 saturated carbocycles. The van der Waals surface area contributed by atoms with Gasteiger partial charge in [-0.05, 0) is 24.4 Å². The van der Waals surface area contributed by atoms with E-state index in [2.05, 4.69) is 22.3 Å². The van der Waals surface area contributed by atoms with Gasteiger partial charge in [0.15, 0.2) is 5.11 Å². The number of hydrogen-bond acceptors (Lipinski definition) is 4. The summed E-state index contributed by atoms with van der Waals surface area (Å²) in [4.78, 5) is 4.20. The third kappa shape index (κ3) is 4.80. The highest BCUT2D eigenvalue weighted by Crippen LogP contribution is 2.07. The molecule has 1 aromatic heterocycles. The molecule has 0 amide bonds. The average Bonchev–Trinajstić information content (AvgIpc) is 2.29. The van der Waals surface area contributed by atoms with Gasteiger partial charge in [0.2, 0.25) is 0 Å². The van der Waals surface area contributed by atoms with E-state index in [1.807, 2.05) is 24.2 Å². The summed E-state index contributed by atoms with van der Waals surface area (Å²) >= 11 is 5.08. The second kappa shape index (κ2) is 6.82. The molecule has 17 heavy (non-hydrogen) atoms. The van der Waals surface area contributed by atoms with Crippen LogP contribution in [0, 0.1) is 0 Å². The minimum atomic E-state index is 0.543. The average molecular weight is 251 g/mol. The monoisotopic (exact) mass is 251 g/mol. The normalized spacial score (nSPS) is 10.0. The molecule has 4 N–H and O–H groups in total. The number of nitrogens with zero attached hydrogens (tertiary/aromatic N) is 2. The standard InChI is InChI=1S/C11H17N5S/c1-3-6-14-11(17)15-16(2)8-10-9(12)5-4-7-13-10/h3-5,7H,1,6,8,12H2,2H3,(H2,14,15,17). The van der Waals surface area contributed by atoms with E-state index in [9.17, 15) is 0 Å². The maximum Gasteiger partial charge on any atom is 0.181 e. The van der Waals surface area contributed by atoms with Gasteiger partial charge in [0.1, 0.15) is 0 Å². The molecule has 0 aliphatic carbocycles. The van der Waals surface area contributed by atoms with Gasteiger partial charge >= 0.3 is 0 Å². The summed E-state index contributed by atoms with van der Waals surface area (Å²) in [5.41, 5.74) is 10.3. The van der Waals surface area contributed by atoms with Crippen molar-refractivity contribution < 1.29 is 0 Å². The van der Waals surface area contributed by atoms with Crippen LogP contribution in [-0.2, 0) is 6.54 Å². The summed E-state index contributed by atoms with van der Waals surface area (Å²) in [6.45, 7) is 4.80. The first-order valence-corrected chi connectivity index (χ1v) is 5.60. The molecule has 0 fully saturated rings. The molecule has 5 nitrogen and oxygen atoms in total. The van der Waals surface area contributed by atoms with Crippen molar-refractivity contribution in [2.45, 2.75) is 6.54 Å². The molecule has 0 bridgehead atoms. The largest absolute Gasteiger partial charge is 0.397 e. The van der Waals surface area contributed by atoms with E-state index in [4.69, 9.17) is 18.0 Å². The van der Waals surface area contributed by atoms with Crippen molar-refractivity contribution in [3.05, 3.63) is 36.7 Å². The zero-order valence-corrected chi connectivity index (χ0v) is 10.6. The van der Waals surface area contributed by atoms with Crippen LogP contribution in [-0.4, -0.2) is 28.7 Å². The van der Waals surface area contributed by atoms with Gasteiger partial charge in [-0.15, -0.1) is 6.58 Å². The van der Waals surface area contributed by atoms with Gasteiger partial charge in [0, 0.05) is 19.8 Å². The fourth-order valence-corrected chi connectivity index (χ4v) is 1.46. The topological polar surface area (TPSA) is 66.2 Å². The van der Waals surface area contributed by atoms with Crippen LogP contribution >= 0.6 is 12.2 Å². The predicted octanol–water partition coefficient (Wildman–Crippen LogP) is 0.661. The lowest BCUT2D eigenvalue weighted by Crippen LogP contribution is -2.44. The van der Waals surface area contributed by atoms with Crippen LogP contribution in [0.1, 0.15) is 5.69 Å². The number of hydrogen-bond donors (Lipinski definition) is 3. The zero-order chi connectivity index (χ0) is 12.7. The minimum Gasteiger partial charge on any atom is -0.397 e. The Morgan fingerprint density at radius 2 is 2.47 bits per heavy atom. The first-order valence-electron chi connectivity index (χ1n) is 5.19. The van der Waals surface area contributed by atoms with Gasteiger partial charge < -0.3 is 11.1 Å². The van der Waals surface area contributed by atoms with Gasteiger partial charge in [-0.25, -0.2) is 5.01 Å². The number of nitrogens with two attached hydrogens (primary N) is 1. The van der Waals surface area contributed by atoms with E-state index in [-0.39, 0.29) is 0 Å². The van der Waals surface area contributed by atoms with Crippen molar-refractivity contribution >= 4 is 23.0 Å². The third-order valence-electron chi connectivity index (χ3n) is 2.01. The van der Waals surface area contributed by atoms with Gasteiger partial charge in [-0.1, -0.05) is 6.08 Å². The molecule has 0 atom stereocenters. The van der Waals surface area contributed by atoms with Crippen LogP contribution < -0.4 is 16.5 Å². The molecule has 6 heteroatoms. The molecule has 92 valence electrons. The van der Waals surface area contributed by atoms with E-state index in [1.54, 1.807) is 12.3 Å². The SMILES string of the molecule is C=CCNC(=S)NN(C)Cc1ncccc1N. The van der Waals surface area contributed by atoms with Crippen LogP contribution in [0.5, 0.6) is 0 Å². The molecule has 0 aromatic carbocycles. The maximum absolute atomic E-state index is 5.80. The smallest absolute Gasteiger partial charge is 0.181 e. The first kappa shape index (κ1) is 13.4. The second-order valence-electron chi connectivity index (χ2n) is 3.51. The second-order valence-corrected chi connectivity index (χ2v) is 3.91. The number of aromatic nitrogens is 1. The quantitative estimate of drug-likeness (QED) is 0.406. The molecule has 0 radical (unpaired) electrons.